The molecule has 0 saturated heterocycles. The van der Waals surface area contributed by atoms with Gasteiger partial charge in [0.05, 0.1) is 6.61 Å². The fourth-order valence-electron chi connectivity index (χ4n) is 3.66. The SMILES string of the molecule is CCO[Si](CCCCCCCCCCOC(=O)C(F)(F)C(F)(F)C(F)(F)C(F)(F)C(F)(F)C(F)(F)F)(OCC)OCC. The van der Waals surface area contributed by atoms with Gasteiger partial charge < -0.3 is 18.0 Å². The first-order chi connectivity index (χ1) is 19.1. The van der Waals surface area contributed by atoms with Crippen LogP contribution in [0.15, 0.2) is 0 Å². The van der Waals surface area contributed by atoms with Crippen molar-refractivity contribution in [3.63, 3.8) is 0 Å². The number of rotatable bonds is 22. The monoisotopic (exact) mass is 666 g/mol. The van der Waals surface area contributed by atoms with Gasteiger partial charge in [-0.2, -0.15) is 57.1 Å². The Bertz CT molecular complexity index is 793. The van der Waals surface area contributed by atoms with Gasteiger partial charge in [-0.05, 0) is 33.6 Å². The van der Waals surface area contributed by atoms with E-state index >= 15 is 0 Å². The van der Waals surface area contributed by atoms with E-state index < -0.39 is 57.2 Å². The molecule has 0 aliphatic rings. The summed E-state index contributed by atoms with van der Waals surface area (Å²) in [4.78, 5) is 11.3. The summed E-state index contributed by atoms with van der Waals surface area (Å²) in [6.45, 7) is 5.72. The van der Waals surface area contributed by atoms with E-state index in [4.69, 9.17) is 13.3 Å². The first-order valence-corrected chi connectivity index (χ1v) is 15.0. The van der Waals surface area contributed by atoms with Crippen LogP contribution in [0.2, 0.25) is 6.04 Å². The summed E-state index contributed by atoms with van der Waals surface area (Å²) < 4.78 is 191. The van der Waals surface area contributed by atoms with Crippen molar-refractivity contribution in [1.82, 2.24) is 0 Å². The number of alkyl halides is 13. The van der Waals surface area contributed by atoms with Crippen molar-refractivity contribution in [3.05, 3.63) is 0 Å². The highest BCUT2D eigenvalue weighted by molar-refractivity contribution is 6.60. The maximum absolute atomic E-state index is 13.7. The van der Waals surface area contributed by atoms with Gasteiger partial charge in [-0.25, -0.2) is 4.79 Å². The molecule has 0 amide bonds. The molecule has 19 heteroatoms. The molecular weight excluding hydrogens is 631 g/mol. The van der Waals surface area contributed by atoms with E-state index in [9.17, 15) is 61.9 Å². The Kier molecular flexibility index (Phi) is 15.6. The van der Waals surface area contributed by atoms with Gasteiger partial charge in [0.25, 0.3) is 0 Å². The molecule has 0 saturated carbocycles. The summed E-state index contributed by atoms with van der Waals surface area (Å²) in [5.74, 6) is -42.0. The first kappa shape index (κ1) is 40.7. The molecule has 252 valence electrons. The number of esters is 1. The van der Waals surface area contributed by atoms with Crippen LogP contribution in [-0.4, -0.2) is 77.0 Å². The Balaban J connectivity index is 4.70. The molecule has 0 unspecified atom stereocenters. The molecular formula is C23H35F13O5Si. The van der Waals surface area contributed by atoms with Gasteiger partial charge >= 0.3 is 50.6 Å². The van der Waals surface area contributed by atoms with Crippen LogP contribution in [0.3, 0.4) is 0 Å². The minimum Gasteiger partial charge on any atom is -0.461 e. The van der Waals surface area contributed by atoms with Crippen LogP contribution in [0.25, 0.3) is 0 Å². The molecule has 0 aromatic carbocycles. The molecule has 0 aromatic rings. The molecule has 0 bridgehead atoms. The Hall–Kier alpha value is -1.34. The first-order valence-electron chi connectivity index (χ1n) is 13.1. The van der Waals surface area contributed by atoms with Crippen LogP contribution < -0.4 is 0 Å². The van der Waals surface area contributed by atoms with Crippen LogP contribution in [0.1, 0.15) is 72.1 Å². The third-order valence-corrected chi connectivity index (χ3v) is 9.04. The van der Waals surface area contributed by atoms with Crippen molar-refractivity contribution in [2.75, 3.05) is 26.4 Å². The second-order valence-corrected chi connectivity index (χ2v) is 11.8. The van der Waals surface area contributed by atoms with Crippen molar-refractivity contribution in [3.8, 4) is 0 Å². The predicted octanol–water partition coefficient (Wildman–Crippen LogP) is 8.44. The third kappa shape index (κ3) is 9.33. The standard InChI is InChI=1S/C23H35F13O5Si/c1-4-39-42(40-5-2,41-6-3)16-14-12-10-8-7-9-11-13-15-38-17(37)18(24,25)19(26,27)20(28,29)21(30,31)22(32,33)23(34,35)36/h4-16H2,1-3H3. The Labute approximate surface area is 235 Å². The molecule has 0 aromatic heterocycles. The van der Waals surface area contributed by atoms with E-state index in [0.717, 1.165) is 25.7 Å². The van der Waals surface area contributed by atoms with Crippen molar-refractivity contribution < 1.29 is 79.9 Å². The Morgan fingerprint density at radius 2 is 0.881 bits per heavy atom. The zero-order valence-electron chi connectivity index (χ0n) is 23.1. The molecule has 0 rings (SSSR count). The molecule has 0 N–H and O–H groups in total. The van der Waals surface area contributed by atoms with Gasteiger partial charge in [-0.3, -0.25) is 0 Å². The van der Waals surface area contributed by atoms with E-state index in [1.165, 1.54) is 0 Å². The molecule has 42 heavy (non-hydrogen) atoms. The van der Waals surface area contributed by atoms with E-state index in [-0.39, 0.29) is 12.8 Å². The van der Waals surface area contributed by atoms with Crippen LogP contribution in [0.4, 0.5) is 57.1 Å². The largest absolute Gasteiger partial charge is 0.500 e. The van der Waals surface area contributed by atoms with Gasteiger partial charge in [0.15, 0.2) is 0 Å². The summed E-state index contributed by atoms with van der Waals surface area (Å²) in [5, 5.41) is 0. The second-order valence-electron chi connectivity index (χ2n) is 9.07. The summed E-state index contributed by atoms with van der Waals surface area (Å²) in [7, 11) is -2.76. The van der Waals surface area contributed by atoms with Gasteiger partial charge in [0.1, 0.15) is 0 Å². The van der Waals surface area contributed by atoms with Crippen LogP contribution >= 0.6 is 0 Å². The smallest absolute Gasteiger partial charge is 0.461 e. The summed E-state index contributed by atoms with van der Waals surface area (Å²) in [6.07, 6.45) is -3.46. The average molecular weight is 667 g/mol. The molecule has 0 aliphatic carbocycles. The molecule has 0 heterocycles. The quantitative estimate of drug-likeness (QED) is 0.0503. The van der Waals surface area contributed by atoms with Gasteiger partial charge in [-0.1, -0.05) is 38.5 Å². The molecule has 0 spiro atoms. The lowest BCUT2D eigenvalue weighted by atomic mass is 9.94. The maximum Gasteiger partial charge on any atom is 0.500 e. The number of hydrogen-bond donors (Lipinski definition) is 0. The normalized spacial score (nSPS) is 14.4. The highest BCUT2D eigenvalue weighted by Crippen LogP contribution is 2.60. The van der Waals surface area contributed by atoms with Crippen molar-refractivity contribution in [2.24, 2.45) is 0 Å². The van der Waals surface area contributed by atoms with E-state index in [2.05, 4.69) is 4.74 Å². The van der Waals surface area contributed by atoms with Crippen molar-refractivity contribution in [2.45, 2.75) is 114 Å². The number of carbonyl (C=O) groups excluding carboxylic acids is 1. The number of ether oxygens (including phenoxy) is 1. The topological polar surface area (TPSA) is 54.0 Å². The zero-order valence-corrected chi connectivity index (χ0v) is 24.1. The minimum atomic E-state index is -8.06. The van der Waals surface area contributed by atoms with Crippen LogP contribution in [0.5, 0.6) is 0 Å². The number of unbranched alkanes of at least 4 members (excludes halogenated alkanes) is 7. The van der Waals surface area contributed by atoms with E-state index in [0.29, 0.717) is 38.7 Å². The lowest BCUT2D eigenvalue weighted by Gasteiger charge is -2.38. The average Bonchev–Trinajstić information content (AvgIpc) is 2.86. The van der Waals surface area contributed by atoms with Crippen molar-refractivity contribution >= 4 is 14.8 Å². The predicted molar refractivity (Wildman–Crippen MR) is 124 cm³/mol. The molecule has 0 atom stereocenters. The van der Waals surface area contributed by atoms with Crippen LogP contribution in [0, 0.1) is 0 Å². The van der Waals surface area contributed by atoms with Crippen LogP contribution in [-0.2, 0) is 22.8 Å². The molecule has 0 radical (unpaired) electrons. The Morgan fingerprint density at radius 1 is 0.524 bits per heavy atom. The number of hydrogen-bond acceptors (Lipinski definition) is 5. The fourth-order valence-corrected chi connectivity index (χ4v) is 6.34. The summed E-state index contributed by atoms with van der Waals surface area (Å²) in [6, 6.07) is 0.617. The van der Waals surface area contributed by atoms with E-state index in [1.807, 2.05) is 20.8 Å². The number of halogens is 13. The van der Waals surface area contributed by atoms with E-state index in [1.54, 1.807) is 0 Å². The van der Waals surface area contributed by atoms with Gasteiger partial charge in [0, 0.05) is 25.9 Å². The zero-order chi connectivity index (χ0) is 33.1. The van der Waals surface area contributed by atoms with Gasteiger partial charge in [-0.15, -0.1) is 0 Å². The van der Waals surface area contributed by atoms with Gasteiger partial charge in [0.2, 0.25) is 0 Å². The minimum absolute atomic E-state index is 0.177. The summed E-state index contributed by atoms with van der Waals surface area (Å²) >= 11 is 0. The summed E-state index contributed by atoms with van der Waals surface area (Å²) in [5.41, 5.74) is 0. The lowest BCUT2D eigenvalue weighted by Crippen LogP contribution is -2.71. The highest BCUT2D eigenvalue weighted by Gasteiger charge is 2.92. The molecule has 5 nitrogen and oxygen atoms in total. The maximum atomic E-state index is 13.7. The van der Waals surface area contributed by atoms with Crippen molar-refractivity contribution in [1.29, 1.82) is 0 Å². The molecule has 0 aliphatic heterocycles. The Morgan fingerprint density at radius 3 is 1.26 bits per heavy atom. The second kappa shape index (κ2) is 16.1. The number of carbonyl (C=O) groups is 1. The fraction of sp³-hybridized carbons (Fsp3) is 0.957. The lowest BCUT2D eigenvalue weighted by molar-refractivity contribution is -0.437. The highest BCUT2D eigenvalue weighted by atomic mass is 28.4. The molecule has 0 fully saturated rings. The third-order valence-electron chi connectivity index (χ3n) is 5.89.